The highest BCUT2D eigenvalue weighted by molar-refractivity contribution is 14.0. The molecule has 0 aromatic heterocycles. The van der Waals surface area contributed by atoms with Gasteiger partial charge in [-0.2, -0.15) is 0 Å². The van der Waals surface area contributed by atoms with Gasteiger partial charge in [0.15, 0.2) is 5.96 Å². The van der Waals surface area contributed by atoms with E-state index in [1.54, 1.807) is 0 Å². The Balaban J connectivity index is 0.00000900. The van der Waals surface area contributed by atoms with E-state index in [1.165, 1.54) is 0 Å². The molecule has 1 amide bonds. The van der Waals surface area contributed by atoms with E-state index in [4.69, 9.17) is 9.47 Å². The van der Waals surface area contributed by atoms with Crippen molar-refractivity contribution >= 4 is 36.0 Å². The summed E-state index contributed by atoms with van der Waals surface area (Å²) in [5.41, 5.74) is 0.600. The molecule has 0 bridgehead atoms. The molecule has 0 radical (unpaired) electrons. The molecule has 0 atom stereocenters. The number of amides is 1. The van der Waals surface area contributed by atoms with Gasteiger partial charge in [-0.3, -0.25) is 0 Å². The Bertz CT molecular complexity index is 663. The highest BCUT2D eigenvalue weighted by Gasteiger charge is 2.15. The summed E-state index contributed by atoms with van der Waals surface area (Å²) in [7, 11) is 4.05. The largest absolute Gasteiger partial charge is 0.492 e. The maximum atomic E-state index is 11.6. The van der Waals surface area contributed by atoms with Crippen molar-refractivity contribution in [2.45, 2.75) is 46.3 Å². The fourth-order valence-corrected chi connectivity index (χ4v) is 2.39. The lowest BCUT2D eigenvalue weighted by atomic mass is 10.2. The van der Waals surface area contributed by atoms with E-state index >= 15 is 0 Å². The summed E-state index contributed by atoms with van der Waals surface area (Å²) in [6.07, 6.45) is 0.370. The molecule has 0 aliphatic carbocycles. The van der Waals surface area contributed by atoms with Crippen molar-refractivity contribution < 1.29 is 14.3 Å². The summed E-state index contributed by atoms with van der Waals surface area (Å²) in [5, 5.41) is 9.27. The number of carbonyl (C=O) groups is 1. The first-order valence-corrected chi connectivity index (χ1v) is 10.5. The van der Waals surface area contributed by atoms with Crippen LogP contribution < -0.4 is 20.7 Å². The molecule has 0 unspecified atom stereocenters. The molecule has 0 heterocycles. The minimum absolute atomic E-state index is 0. The minimum Gasteiger partial charge on any atom is -0.492 e. The number of hydrogen-bond acceptors (Lipinski definition) is 5. The molecule has 0 fully saturated rings. The summed E-state index contributed by atoms with van der Waals surface area (Å²) in [4.78, 5) is 18.4. The summed E-state index contributed by atoms with van der Waals surface area (Å²) in [6, 6.07) is 8.01. The first-order valence-electron chi connectivity index (χ1n) is 10.5. The van der Waals surface area contributed by atoms with Gasteiger partial charge in [0.25, 0.3) is 0 Å². The molecule has 178 valence electrons. The van der Waals surface area contributed by atoms with Crippen LogP contribution in [0.2, 0.25) is 0 Å². The van der Waals surface area contributed by atoms with Gasteiger partial charge in [0.2, 0.25) is 0 Å². The third kappa shape index (κ3) is 15.7. The Kier molecular flexibility index (Phi) is 15.1. The molecule has 31 heavy (non-hydrogen) atoms. The van der Waals surface area contributed by atoms with Crippen LogP contribution >= 0.6 is 24.0 Å². The normalized spacial score (nSPS) is 11.5. The van der Waals surface area contributed by atoms with Crippen LogP contribution in [0.1, 0.15) is 39.7 Å². The Morgan fingerprint density at radius 3 is 2.48 bits per heavy atom. The van der Waals surface area contributed by atoms with Crippen molar-refractivity contribution in [3.05, 3.63) is 29.8 Å². The van der Waals surface area contributed by atoms with Crippen molar-refractivity contribution in [1.82, 2.24) is 20.9 Å². The fraction of sp³-hybridized carbons (Fsp3) is 0.636. The van der Waals surface area contributed by atoms with Crippen LogP contribution in [0.3, 0.4) is 0 Å². The second-order valence-corrected chi connectivity index (χ2v) is 8.20. The lowest BCUT2D eigenvalue weighted by molar-refractivity contribution is 0.0527. The summed E-state index contributed by atoms with van der Waals surface area (Å²) >= 11 is 0. The van der Waals surface area contributed by atoms with Gasteiger partial charge >= 0.3 is 6.09 Å². The number of ether oxygens (including phenoxy) is 2. The first-order chi connectivity index (χ1) is 14.2. The quantitative estimate of drug-likeness (QED) is 0.170. The second-order valence-electron chi connectivity index (χ2n) is 8.20. The summed E-state index contributed by atoms with van der Waals surface area (Å²) in [5.74, 6) is 1.60. The predicted molar refractivity (Wildman–Crippen MR) is 138 cm³/mol. The SMILES string of the molecule is CCNC(=NCc1cccc(OCCN(C)C)c1)NCCCNC(=O)OC(C)(C)C.I. The molecule has 0 saturated carbocycles. The Morgan fingerprint density at radius 1 is 1.13 bits per heavy atom. The van der Waals surface area contributed by atoms with Crippen LogP contribution in [0.5, 0.6) is 5.75 Å². The fourth-order valence-electron chi connectivity index (χ4n) is 2.39. The number of carbonyl (C=O) groups excluding carboxylic acids is 1. The van der Waals surface area contributed by atoms with E-state index in [9.17, 15) is 4.79 Å². The van der Waals surface area contributed by atoms with E-state index in [0.717, 1.165) is 36.8 Å². The first kappa shape index (κ1) is 29.2. The average molecular weight is 549 g/mol. The molecule has 1 rings (SSSR count). The summed E-state index contributed by atoms with van der Waals surface area (Å²) in [6.45, 7) is 11.6. The molecular formula is C22H40IN5O3. The number of likely N-dealkylation sites (N-methyl/N-ethyl adjacent to an activating group) is 1. The minimum atomic E-state index is -0.484. The lowest BCUT2D eigenvalue weighted by Crippen LogP contribution is -2.39. The standard InChI is InChI=1S/C22H39N5O3.HI/c1-7-23-20(24-12-9-13-25-21(28)30-22(2,3)4)26-17-18-10-8-11-19(16-18)29-15-14-27(5)6;/h8,10-11,16H,7,9,12-15,17H2,1-6H3,(H,25,28)(H2,23,24,26);1H. The average Bonchev–Trinajstić information content (AvgIpc) is 2.64. The van der Waals surface area contributed by atoms with Crippen molar-refractivity contribution in [3.63, 3.8) is 0 Å². The molecule has 1 aromatic rings. The molecule has 0 aliphatic heterocycles. The third-order valence-electron chi connectivity index (χ3n) is 3.78. The van der Waals surface area contributed by atoms with Gasteiger partial charge in [-0.25, -0.2) is 9.79 Å². The summed E-state index contributed by atoms with van der Waals surface area (Å²) < 4.78 is 11.0. The van der Waals surface area contributed by atoms with Gasteiger partial charge < -0.3 is 30.3 Å². The van der Waals surface area contributed by atoms with Crippen molar-refractivity contribution in [2.75, 3.05) is 46.9 Å². The molecule has 1 aromatic carbocycles. The third-order valence-corrected chi connectivity index (χ3v) is 3.78. The second kappa shape index (κ2) is 16.0. The number of alkyl carbamates (subject to hydrolysis) is 1. The van der Waals surface area contributed by atoms with Gasteiger partial charge in [0.05, 0.1) is 6.54 Å². The zero-order valence-corrected chi connectivity index (χ0v) is 22.1. The van der Waals surface area contributed by atoms with Crippen LogP contribution in [0.25, 0.3) is 0 Å². The molecule has 9 heteroatoms. The van der Waals surface area contributed by atoms with E-state index in [0.29, 0.717) is 26.2 Å². The maximum absolute atomic E-state index is 11.6. The zero-order valence-electron chi connectivity index (χ0n) is 19.8. The molecule has 3 N–H and O–H groups in total. The Labute approximate surface area is 204 Å². The Hall–Kier alpha value is -1.75. The number of rotatable bonds is 11. The topological polar surface area (TPSA) is 87.2 Å². The number of aliphatic imine (C=N–C) groups is 1. The predicted octanol–water partition coefficient (Wildman–Crippen LogP) is 3.21. The molecule has 0 saturated heterocycles. The molecule has 0 aliphatic rings. The van der Waals surface area contributed by atoms with Crippen LogP contribution in [-0.2, 0) is 11.3 Å². The molecule has 0 spiro atoms. The van der Waals surface area contributed by atoms with E-state index in [1.807, 2.05) is 66.1 Å². The van der Waals surface area contributed by atoms with E-state index in [2.05, 4.69) is 25.8 Å². The number of nitrogens with zero attached hydrogens (tertiary/aromatic N) is 2. The highest BCUT2D eigenvalue weighted by Crippen LogP contribution is 2.14. The maximum Gasteiger partial charge on any atom is 0.407 e. The van der Waals surface area contributed by atoms with Crippen molar-refractivity contribution in [1.29, 1.82) is 0 Å². The van der Waals surface area contributed by atoms with Crippen LogP contribution in [0.4, 0.5) is 4.79 Å². The lowest BCUT2D eigenvalue weighted by Gasteiger charge is -2.19. The van der Waals surface area contributed by atoms with E-state index < -0.39 is 11.7 Å². The van der Waals surface area contributed by atoms with E-state index in [-0.39, 0.29) is 24.0 Å². The van der Waals surface area contributed by atoms with Crippen LogP contribution in [0.15, 0.2) is 29.3 Å². The smallest absolute Gasteiger partial charge is 0.407 e. The van der Waals surface area contributed by atoms with Gasteiger partial charge in [-0.05, 0) is 65.9 Å². The number of halogens is 1. The Morgan fingerprint density at radius 2 is 1.84 bits per heavy atom. The van der Waals surface area contributed by atoms with Gasteiger partial charge in [0, 0.05) is 26.2 Å². The number of nitrogens with one attached hydrogen (secondary N) is 3. The van der Waals surface area contributed by atoms with Gasteiger partial charge in [-0.15, -0.1) is 24.0 Å². The molecule has 8 nitrogen and oxygen atoms in total. The number of benzene rings is 1. The number of guanidine groups is 1. The van der Waals surface area contributed by atoms with Gasteiger partial charge in [0.1, 0.15) is 18.0 Å². The van der Waals surface area contributed by atoms with Crippen molar-refractivity contribution in [3.8, 4) is 5.75 Å². The number of hydrogen-bond donors (Lipinski definition) is 3. The zero-order chi connectivity index (χ0) is 22.4. The van der Waals surface area contributed by atoms with Crippen molar-refractivity contribution in [2.24, 2.45) is 4.99 Å². The molecular weight excluding hydrogens is 509 g/mol. The highest BCUT2D eigenvalue weighted by atomic mass is 127. The monoisotopic (exact) mass is 549 g/mol. The van der Waals surface area contributed by atoms with Crippen LogP contribution in [0, 0.1) is 0 Å². The van der Waals surface area contributed by atoms with Crippen LogP contribution in [-0.4, -0.2) is 69.4 Å². The van der Waals surface area contributed by atoms with Gasteiger partial charge in [-0.1, -0.05) is 12.1 Å².